The Labute approximate surface area is 166 Å². The first-order valence-electron chi connectivity index (χ1n) is 9.55. The van der Waals surface area contributed by atoms with Crippen molar-refractivity contribution in [2.75, 3.05) is 24.5 Å². The third-order valence-electron chi connectivity index (χ3n) is 5.79. The van der Waals surface area contributed by atoms with Crippen LogP contribution in [0.5, 0.6) is 0 Å². The second-order valence-corrected chi connectivity index (χ2v) is 8.05. The average Bonchev–Trinajstić information content (AvgIpc) is 2.68. The van der Waals surface area contributed by atoms with Crippen LogP contribution in [0, 0.1) is 5.92 Å². The predicted octanol–water partition coefficient (Wildman–Crippen LogP) is 3.54. The maximum Gasteiger partial charge on any atom is 0.248 e. The van der Waals surface area contributed by atoms with Gasteiger partial charge in [0.25, 0.3) is 0 Å². The molecule has 150 valence electrons. The molecule has 1 saturated carbocycles. The van der Waals surface area contributed by atoms with Gasteiger partial charge in [-0.05, 0) is 25.8 Å². The molecule has 2 aromatic rings. The Morgan fingerprint density at radius 3 is 2.68 bits per heavy atom. The van der Waals surface area contributed by atoms with Gasteiger partial charge >= 0.3 is 0 Å². The predicted molar refractivity (Wildman–Crippen MR) is 103 cm³/mol. The molecule has 1 aliphatic carbocycles. The number of halogens is 3. The van der Waals surface area contributed by atoms with E-state index in [9.17, 15) is 13.6 Å². The summed E-state index contributed by atoms with van der Waals surface area (Å²) in [5, 5.41) is 10.2. The Balaban J connectivity index is 1.48. The minimum Gasteiger partial charge on any atom is -0.351 e. The van der Waals surface area contributed by atoms with E-state index < -0.39 is 5.92 Å². The fourth-order valence-corrected chi connectivity index (χ4v) is 4.39. The fraction of sp³-hybridized carbons (Fsp3) is 0.579. The second kappa shape index (κ2) is 7.39. The maximum atomic E-state index is 13.4. The zero-order chi connectivity index (χ0) is 19.9. The molecule has 0 spiro atoms. The summed E-state index contributed by atoms with van der Waals surface area (Å²) in [5.41, 5.74) is 0. The van der Waals surface area contributed by atoms with Gasteiger partial charge in [-0.15, -0.1) is 10.2 Å². The van der Waals surface area contributed by atoms with Gasteiger partial charge in [0.15, 0.2) is 11.0 Å². The first-order chi connectivity index (χ1) is 13.4. The number of aromatic nitrogens is 3. The largest absolute Gasteiger partial charge is 0.351 e. The van der Waals surface area contributed by atoms with E-state index in [2.05, 4.69) is 20.1 Å². The number of hydrogen-bond donors (Lipinski definition) is 0. The molecule has 0 aromatic carbocycles. The highest BCUT2D eigenvalue weighted by Crippen LogP contribution is 2.37. The molecule has 1 unspecified atom stereocenters. The van der Waals surface area contributed by atoms with Gasteiger partial charge in [-0.2, -0.15) is 0 Å². The van der Waals surface area contributed by atoms with Crippen molar-refractivity contribution in [3.8, 4) is 0 Å². The summed E-state index contributed by atoms with van der Waals surface area (Å²) < 4.78 is 26.8. The minimum atomic E-state index is -2.62. The molecule has 2 aliphatic rings. The number of nitrogens with zero attached hydrogens (tertiary/aromatic N) is 5. The van der Waals surface area contributed by atoms with Crippen LogP contribution in [0.2, 0.25) is 5.15 Å². The Kier molecular flexibility index (Phi) is 5.07. The third-order valence-corrected chi connectivity index (χ3v) is 6.07. The van der Waals surface area contributed by atoms with Crippen LogP contribution in [0.4, 0.5) is 14.6 Å². The molecule has 2 aromatic heterocycles. The molecule has 1 saturated heterocycles. The number of pyridine rings is 1. The Bertz CT molecular complexity index is 886. The lowest BCUT2D eigenvalue weighted by atomic mass is 9.85. The van der Waals surface area contributed by atoms with Crippen molar-refractivity contribution >= 4 is 34.1 Å². The molecule has 28 heavy (non-hydrogen) atoms. The van der Waals surface area contributed by atoms with Crippen molar-refractivity contribution < 1.29 is 13.6 Å². The van der Waals surface area contributed by atoms with Gasteiger partial charge < -0.3 is 9.80 Å². The zero-order valence-electron chi connectivity index (χ0n) is 15.6. The summed E-state index contributed by atoms with van der Waals surface area (Å²) in [5.74, 6) is -2.22. The van der Waals surface area contributed by atoms with Crippen molar-refractivity contribution in [2.45, 2.75) is 44.6 Å². The number of hydrogen-bond acceptors (Lipinski definition) is 5. The molecule has 1 aliphatic heterocycles. The summed E-state index contributed by atoms with van der Waals surface area (Å²) >= 11 is 6.14. The number of piperazine rings is 1. The van der Waals surface area contributed by atoms with Gasteiger partial charge in [-0.3, -0.25) is 9.78 Å². The van der Waals surface area contributed by atoms with Crippen molar-refractivity contribution in [1.82, 2.24) is 20.1 Å². The normalized spacial score (nSPS) is 23.2. The SMILES string of the molecule is CC1CN(c2nnc(Cl)c3ccncc23)CCN1C(=O)C1CCC(F)(F)CC1. The van der Waals surface area contributed by atoms with Gasteiger partial charge in [-0.1, -0.05) is 11.6 Å². The van der Waals surface area contributed by atoms with Crippen LogP contribution in [-0.4, -0.2) is 57.6 Å². The highest BCUT2D eigenvalue weighted by atomic mass is 35.5. The average molecular weight is 410 g/mol. The van der Waals surface area contributed by atoms with Gasteiger partial charge in [0.05, 0.1) is 0 Å². The van der Waals surface area contributed by atoms with Crippen LogP contribution in [0.15, 0.2) is 18.5 Å². The van der Waals surface area contributed by atoms with E-state index in [1.165, 1.54) is 0 Å². The molecule has 9 heteroatoms. The summed E-state index contributed by atoms with van der Waals surface area (Å²) in [6.45, 7) is 3.69. The van der Waals surface area contributed by atoms with E-state index >= 15 is 0 Å². The summed E-state index contributed by atoms with van der Waals surface area (Å²) in [7, 11) is 0. The molecule has 3 heterocycles. The van der Waals surface area contributed by atoms with E-state index in [1.54, 1.807) is 18.5 Å². The number of anilines is 1. The summed E-state index contributed by atoms with van der Waals surface area (Å²) in [6.07, 6.45) is 3.51. The Morgan fingerprint density at radius 1 is 1.21 bits per heavy atom. The Hall–Kier alpha value is -2.09. The highest BCUT2D eigenvalue weighted by Gasteiger charge is 2.40. The van der Waals surface area contributed by atoms with E-state index in [1.807, 2.05) is 11.8 Å². The minimum absolute atomic E-state index is 0.00337. The number of alkyl halides is 2. The molecule has 0 bridgehead atoms. The van der Waals surface area contributed by atoms with Crippen LogP contribution in [0.3, 0.4) is 0 Å². The molecule has 0 radical (unpaired) electrons. The third kappa shape index (κ3) is 3.62. The second-order valence-electron chi connectivity index (χ2n) is 7.69. The van der Waals surface area contributed by atoms with Crippen molar-refractivity contribution in [2.24, 2.45) is 5.92 Å². The number of carbonyl (C=O) groups is 1. The van der Waals surface area contributed by atoms with Crippen molar-refractivity contribution in [1.29, 1.82) is 0 Å². The van der Waals surface area contributed by atoms with Crippen molar-refractivity contribution in [3.63, 3.8) is 0 Å². The highest BCUT2D eigenvalue weighted by molar-refractivity contribution is 6.34. The number of fused-ring (bicyclic) bond motifs is 1. The maximum absolute atomic E-state index is 13.4. The first kappa shape index (κ1) is 19.2. The quantitative estimate of drug-likeness (QED) is 0.759. The van der Waals surface area contributed by atoms with Gasteiger partial charge in [0, 0.05) is 67.6 Å². The summed E-state index contributed by atoms with van der Waals surface area (Å²) in [4.78, 5) is 21.0. The monoisotopic (exact) mass is 409 g/mol. The van der Waals surface area contributed by atoms with E-state index in [0.29, 0.717) is 30.6 Å². The molecular weight excluding hydrogens is 388 g/mol. The summed E-state index contributed by atoms with van der Waals surface area (Å²) in [6, 6.07) is 1.76. The van der Waals surface area contributed by atoms with E-state index in [4.69, 9.17) is 11.6 Å². The molecule has 1 amide bonds. The topological polar surface area (TPSA) is 62.2 Å². The first-order valence-corrected chi connectivity index (χ1v) is 9.93. The lowest BCUT2D eigenvalue weighted by Crippen LogP contribution is -2.56. The lowest BCUT2D eigenvalue weighted by molar-refractivity contribution is -0.142. The van der Waals surface area contributed by atoms with E-state index in [-0.39, 0.29) is 43.6 Å². The number of amides is 1. The number of carbonyl (C=O) groups excluding carboxylic acids is 1. The van der Waals surface area contributed by atoms with E-state index in [0.717, 1.165) is 10.8 Å². The van der Waals surface area contributed by atoms with Crippen LogP contribution in [0.25, 0.3) is 10.8 Å². The van der Waals surface area contributed by atoms with Crippen molar-refractivity contribution in [3.05, 3.63) is 23.6 Å². The van der Waals surface area contributed by atoms with Gasteiger partial charge in [-0.25, -0.2) is 8.78 Å². The molecular formula is C19H22ClF2N5O. The molecule has 6 nitrogen and oxygen atoms in total. The van der Waals surface area contributed by atoms with Crippen LogP contribution >= 0.6 is 11.6 Å². The Morgan fingerprint density at radius 2 is 1.96 bits per heavy atom. The number of rotatable bonds is 2. The van der Waals surface area contributed by atoms with Gasteiger partial charge in [0.2, 0.25) is 11.8 Å². The smallest absolute Gasteiger partial charge is 0.248 e. The molecule has 0 N–H and O–H groups in total. The molecule has 1 atom stereocenters. The van der Waals surface area contributed by atoms with Crippen LogP contribution < -0.4 is 4.90 Å². The van der Waals surface area contributed by atoms with Gasteiger partial charge in [0.1, 0.15) is 0 Å². The molecule has 2 fully saturated rings. The standard InChI is InChI=1S/C19H22ClF2N5O/c1-12-11-26(17-15-10-23-7-4-14(15)16(20)24-25-17)8-9-27(12)18(28)13-2-5-19(21,22)6-3-13/h4,7,10,12-13H,2-3,5-6,8-9,11H2,1H3. The molecule has 4 rings (SSSR count). The van der Waals surface area contributed by atoms with Crippen LogP contribution in [-0.2, 0) is 4.79 Å². The lowest BCUT2D eigenvalue weighted by Gasteiger charge is -2.42. The fourth-order valence-electron chi connectivity index (χ4n) is 4.18. The zero-order valence-corrected chi connectivity index (χ0v) is 16.4. The van der Waals surface area contributed by atoms with Crippen LogP contribution in [0.1, 0.15) is 32.6 Å².